The average molecular weight is 284 g/mol. The summed E-state index contributed by atoms with van der Waals surface area (Å²) < 4.78 is 0. The maximum Gasteiger partial charge on any atom is 0.251 e. The van der Waals surface area contributed by atoms with Crippen molar-refractivity contribution in [3.8, 4) is 6.07 Å². The minimum absolute atomic E-state index is 0.0249. The van der Waals surface area contributed by atoms with Gasteiger partial charge in [-0.1, -0.05) is 0 Å². The van der Waals surface area contributed by atoms with Crippen molar-refractivity contribution in [3.63, 3.8) is 0 Å². The Morgan fingerprint density at radius 2 is 1.95 bits per heavy atom. The number of nitriles is 1. The molecule has 102 valence electrons. The highest BCUT2D eigenvalue weighted by Crippen LogP contribution is 2.26. The Labute approximate surface area is 122 Å². The molecule has 0 saturated heterocycles. The molecular formula is C16H16N2OS. The largest absolute Gasteiger partial charge is 0.345 e. The van der Waals surface area contributed by atoms with Gasteiger partial charge in [0.25, 0.3) is 5.91 Å². The van der Waals surface area contributed by atoms with Gasteiger partial charge in [0, 0.05) is 15.3 Å². The Morgan fingerprint density at radius 3 is 2.45 bits per heavy atom. The molecule has 2 rings (SSSR count). The van der Waals surface area contributed by atoms with Crippen LogP contribution in [0.4, 0.5) is 0 Å². The third-order valence-corrected chi connectivity index (χ3v) is 4.15. The molecule has 0 saturated carbocycles. The van der Waals surface area contributed by atoms with E-state index < -0.39 is 0 Å². The number of carbonyl (C=O) groups excluding carboxylic acids is 1. The highest BCUT2D eigenvalue weighted by molar-refractivity contribution is 7.12. The van der Waals surface area contributed by atoms with E-state index in [1.807, 2.05) is 13.0 Å². The summed E-state index contributed by atoms with van der Waals surface area (Å²) in [5, 5.41) is 11.7. The standard InChI is InChI=1S/C16H16N2OS/c1-10-8-15(12(3)20-10)11(2)18-16(19)14-6-4-13(9-17)5-7-14/h4-8,11H,1-3H3,(H,18,19)/t11-/m1/s1. The van der Waals surface area contributed by atoms with E-state index >= 15 is 0 Å². The third kappa shape index (κ3) is 3.06. The summed E-state index contributed by atoms with van der Waals surface area (Å²) in [4.78, 5) is 14.6. The van der Waals surface area contributed by atoms with Crippen LogP contribution in [-0.2, 0) is 0 Å². The Balaban J connectivity index is 2.11. The van der Waals surface area contributed by atoms with Crippen molar-refractivity contribution in [2.75, 3.05) is 0 Å². The van der Waals surface area contributed by atoms with Crippen LogP contribution in [0, 0.1) is 25.2 Å². The molecule has 0 spiro atoms. The molecule has 1 atom stereocenters. The summed E-state index contributed by atoms with van der Waals surface area (Å²) in [6, 6.07) is 10.8. The molecule has 0 radical (unpaired) electrons. The summed E-state index contributed by atoms with van der Waals surface area (Å²) in [6.45, 7) is 6.11. The molecule has 0 aliphatic heterocycles. The number of rotatable bonds is 3. The van der Waals surface area contributed by atoms with E-state index in [9.17, 15) is 4.79 Å². The molecule has 1 aromatic carbocycles. The number of nitrogens with zero attached hydrogens (tertiary/aromatic N) is 1. The second-order valence-corrected chi connectivity index (χ2v) is 6.21. The van der Waals surface area contributed by atoms with E-state index in [0.29, 0.717) is 11.1 Å². The van der Waals surface area contributed by atoms with Gasteiger partial charge in [0.1, 0.15) is 0 Å². The quantitative estimate of drug-likeness (QED) is 0.933. The zero-order chi connectivity index (χ0) is 14.7. The van der Waals surface area contributed by atoms with Crippen LogP contribution >= 0.6 is 11.3 Å². The van der Waals surface area contributed by atoms with Gasteiger partial charge in [-0.2, -0.15) is 5.26 Å². The lowest BCUT2D eigenvalue weighted by molar-refractivity contribution is 0.0940. The number of benzene rings is 1. The predicted octanol–water partition coefficient (Wildman–Crippen LogP) is 3.73. The summed E-state index contributed by atoms with van der Waals surface area (Å²) in [7, 11) is 0. The second-order valence-electron chi connectivity index (χ2n) is 4.75. The van der Waals surface area contributed by atoms with E-state index in [1.165, 1.54) is 9.75 Å². The van der Waals surface area contributed by atoms with Crippen molar-refractivity contribution in [2.45, 2.75) is 26.8 Å². The van der Waals surface area contributed by atoms with Gasteiger partial charge < -0.3 is 5.32 Å². The lowest BCUT2D eigenvalue weighted by atomic mass is 10.1. The van der Waals surface area contributed by atoms with Gasteiger partial charge >= 0.3 is 0 Å². The van der Waals surface area contributed by atoms with E-state index in [-0.39, 0.29) is 11.9 Å². The van der Waals surface area contributed by atoms with Gasteiger partial charge in [-0.15, -0.1) is 11.3 Å². The highest BCUT2D eigenvalue weighted by Gasteiger charge is 2.14. The maximum atomic E-state index is 12.2. The fourth-order valence-electron chi connectivity index (χ4n) is 2.13. The van der Waals surface area contributed by atoms with Gasteiger partial charge in [0.05, 0.1) is 17.7 Å². The summed E-state index contributed by atoms with van der Waals surface area (Å²) in [6.07, 6.45) is 0. The summed E-state index contributed by atoms with van der Waals surface area (Å²) in [5.74, 6) is -0.120. The monoisotopic (exact) mass is 284 g/mol. The van der Waals surface area contributed by atoms with Gasteiger partial charge in [-0.25, -0.2) is 0 Å². The molecule has 0 fully saturated rings. The van der Waals surface area contributed by atoms with Crippen LogP contribution in [0.25, 0.3) is 0 Å². The van der Waals surface area contributed by atoms with Crippen LogP contribution in [0.1, 0.15) is 44.2 Å². The first-order valence-electron chi connectivity index (χ1n) is 6.39. The van der Waals surface area contributed by atoms with E-state index in [1.54, 1.807) is 35.6 Å². The first kappa shape index (κ1) is 14.3. The van der Waals surface area contributed by atoms with E-state index in [2.05, 4.69) is 25.2 Å². The van der Waals surface area contributed by atoms with Crippen LogP contribution in [0.15, 0.2) is 30.3 Å². The Kier molecular flexibility index (Phi) is 4.21. The summed E-state index contributed by atoms with van der Waals surface area (Å²) >= 11 is 1.74. The number of thiophene rings is 1. The minimum atomic E-state index is -0.120. The molecule has 1 amide bonds. The number of amides is 1. The second kappa shape index (κ2) is 5.89. The molecule has 2 aromatic rings. The fourth-order valence-corrected chi connectivity index (χ4v) is 3.16. The molecule has 0 aliphatic rings. The number of hydrogen-bond acceptors (Lipinski definition) is 3. The molecule has 3 nitrogen and oxygen atoms in total. The van der Waals surface area contributed by atoms with Crippen LogP contribution < -0.4 is 5.32 Å². The highest BCUT2D eigenvalue weighted by atomic mass is 32.1. The van der Waals surface area contributed by atoms with Crippen molar-refractivity contribution in [2.24, 2.45) is 0 Å². The normalized spacial score (nSPS) is 11.7. The number of aryl methyl sites for hydroxylation is 2. The fraction of sp³-hybridized carbons (Fsp3) is 0.250. The summed E-state index contributed by atoms with van der Waals surface area (Å²) in [5.41, 5.74) is 2.29. The Morgan fingerprint density at radius 1 is 1.30 bits per heavy atom. The molecule has 0 bridgehead atoms. The van der Waals surface area contributed by atoms with Crippen molar-refractivity contribution in [1.82, 2.24) is 5.32 Å². The maximum absolute atomic E-state index is 12.2. The lowest BCUT2D eigenvalue weighted by Gasteiger charge is -2.14. The molecule has 1 aromatic heterocycles. The first-order chi connectivity index (χ1) is 9.51. The van der Waals surface area contributed by atoms with Crippen molar-refractivity contribution < 1.29 is 4.79 Å². The van der Waals surface area contributed by atoms with E-state index in [4.69, 9.17) is 5.26 Å². The van der Waals surface area contributed by atoms with Crippen LogP contribution in [0.5, 0.6) is 0 Å². The van der Waals surface area contributed by atoms with Crippen LogP contribution in [-0.4, -0.2) is 5.91 Å². The lowest BCUT2D eigenvalue weighted by Crippen LogP contribution is -2.26. The van der Waals surface area contributed by atoms with Gasteiger partial charge in [0.2, 0.25) is 0 Å². The Bertz CT molecular complexity index is 665. The van der Waals surface area contributed by atoms with Gasteiger partial charge in [-0.3, -0.25) is 4.79 Å². The van der Waals surface area contributed by atoms with Crippen molar-refractivity contribution in [3.05, 3.63) is 56.8 Å². The van der Waals surface area contributed by atoms with Crippen molar-refractivity contribution in [1.29, 1.82) is 5.26 Å². The number of nitrogens with one attached hydrogen (secondary N) is 1. The zero-order valence-corrected chi connectivity index (χ0v) is 12.5. The number of hydrogen-bond donors (Lipinski definition) is 1. The average Bonchev–Trinajstić information content (AvgIpc) is 2.78. The molecule has 0 unspecified atom stereocenters. The molecule has 4 heteroatoms. The topological polar surface area (TPSA) is 52.9 Å². The van der Waals surface area contributed by atoms with Crippen LogP contribution in [0.2, 0.25) is 0 Å². The smallest absolute Gasteiger partial charge is 0.251 e. The Hall–Kier alpha value is -2.12. The van der Waals surface area contributed by atoms with Crippen molar-refractivity contribution >= 4 is 17.2 Å². The molecular weight excluding hydrogens is 268 g/mol. The molecule has 1 N–H and O–H groups in total. The van der Waals surface area contributed by atoms with E-state index in [0.717, 1.165) is 5.56 Å². The third-order valence-electron chi connectivity index (χ3n) is 3.17. The molecule has 0 aliphatic carbocycles. The molecule has 20 heavy (non-hydrogen) atoms. The first-order valence-corrected chi connectivity index (χ1v) is 7.21. The minimum Gasteiger partial charge on any atom is -0.345 e. The van der Waals surface area contributed by atoms with Gasteiger partial charge in [0.15, 0.2) is 0 Å². The molecule has 1 heterocycles. The number of carbonyl (C=O) groups is 1. The van der Waals surface area contributed by atoms with Crippen LogP contribution in [0.3, 0.4) is 0 Å². The SMILES string of the molecule is Cc1cc([C@@H](C)NC(=O)c2ccc(C#N)cc2)c(C)s1. The zero-order valence-electron chi connectivity index (χ0n) is 11.7. The predicted molar refractivity (Wildman–Crippen MR) is 80.8 cm³/mol. The van der Waals surface area contributed by atoms with Gasteiger partial charge in [-0.05, 0) is 56.7 Å².